The molecular formula is C20H23BrN2O4. The van der Waals surface area contributed by atoms with Crippen LogP contribution in [0, 0.1) is 27.7 Å². The molecule has 0 atom stereocenters. The van der Waals surface area contributed by atoms with Crippen molar-refractivity contribution in [2.45, 2.75) is 27.7 Å². The van der Waals surface area contributed by atoms with E-state index in [9.17, 15) is 9.59 Å². The van der Waals surface area contributed by atoms with Crippen LogP contribution in [0.2, 0.25) is 0 Å². The summed E-state index contributed by atoms with van der Waals surface area (Å²) in [7, 11) is 0. The summed E-state index contributed by atoms with van der Waals surface area (Å²) in [5.41, 5.74) is 8.52. The molecule has 0 saturated carbocycles. The van der Waals surface area contributed by atoms with Gasteiger partial charge in [0.1, 0.15) is 11.5 Å². The van der Waals surface area contributed by atoms with Crippen molar-refractivity contribution in [2.24, 2.45) is 0 Å². The molecule has 6 nitrogen and oxygen atoms in total. The van der Waals surface area contributed by atoms with Crippen molar-refractivity contribution >= 4 is 27.7 Å². The molecular weight excluding hydrogens is 412 g/mol. The second-order valence-corrected chi connectivity index (χ2v) is 7.23. The molecule has 0 spiro atoms. The van der Waals surface area contributed by atoms with Gasteiger partial charge in [0.25, 0.3) is 11.8 Å². The Morgan fingerprint density at radius 2 is 1.41 bits per heavy atom. The number of aryl methyl sites for hydroxylation is 4. The third kappa shape index (κ3) is 6.29. The van der Waals surface area contributed by atoms with Crippen molar-refractivity contribution in [3.63, 3.8) is 0 Å². The molecule has 0 aliphatic heterocycles. The van der Waals surface area contributed by atoms with E-state index in [1.165, 1.54) is 0 Å². The minimum absolute atomic E-state index is 0.198. The van der Waals surface area contributed by atoms with Gasteiger partial charge in [-0.2, -0.15) is 0 Å². The van der Waals surface area contributed by atoms with Crippen molar-refractivity contribution in [3.05, 3.63) is 57.1 Å². The largest absolute Gasteiger partial charge is 0.483 e. The summed E-state index contributed by atoms with van der Waals surface area (Å²) in [6.45, 7) is 7.29. The highest BCUT2D eigenvalue weighted by atomic mass is 79.9. The molecule has 2 N–H and O–H groups in total. The topological polar surface area (TPSA) is 76.7 Å². The lowest BCUT2D eigenvalue weighted by Gasteiger charge is -2.13. The van der Waals surface area contributed by atoms with E-state index in [4.69, 9.17) is 9.47 Å². The Balaban J connectivity index is 1.76. The van der Waals surface area contributed by atoms with Gasteiger partial charge in [-0.05, 0) is 62.6 Å². The van der Waals surface area contributed by atoms with Crippen molar-refractivity contribution in [1.29, 1.82) is 0 Å². The highest BCUT2D eigenvalue weighted by Crippen LogP contribution is 2.27. The zero-order valence-electron chi connectivity index (χ0n) is 15.8. The number of nitrogens with one attached hydrogen (secondary N) is 2. The predicted molar refractivity (Wildman–Crippen MR) is 107 cm³/mol. The van der Waals surface area contributed by atoms with Gasteiger partial charge in [-0.3, -0.25) is 20.4 Å². The number of benzene rings is 2. The fourth-order valence-electron chi connectivity index (χ4n) is 2.58. The van der Waals surface area contributed by atoms with Gasteiger partial charge >= 0.3 is 0 Å². The van der Waals surface area contributed by atoms with Crippen LogP contribution < -0.4 is 20.3 Å². The summed E-state index contributed by atoms with van der Waals surface area (Å²) in [5.74, 6) is 0.361. The Hall–Kier alpha value is -2.54. The quantitative estimate of drug-likeness (QED) is 0.683. The minimum Gasteiger partial charge on any atom is -0.483 e. The highest BCUT2D eigenvalue weighted by molar-refractivity contribution is 9.10. The molecule has 144 valence electrons. The Bertz CT molecular complexity index is 829. The Morgan fingerprint density at radius 1 is 0.852 bits per heavy atom. The molecule has 0 aliphatic carbocycles. The van der Waals surface area contributed by atoms with E-state index in [-0.39, 0.29) is 13.2 Å². The van der Waals surface area contributed by atoms with Gasteiger partial charge in [0.2, 0.25) is 0 Å². The first kappa shape index (κ1) is 20.8. The molecule has 0 unspecified atom stereocenters. The molecule has 2 amide bonds. The number of ether oxygens (including phenoxy) is 2. The first-order chi connectivity index (χ1) is 12.8. The monoisotopic (exact) mass is 434 g/mol. The molecule has 0 fully saturated rings. The molecule has 0 heterocycles. The average molecular weight is 435 g/mol. The molecule has 7 heteroatoms. The van der Waals surface area contributed by atoms with Crippen molar-refractivity contribution in [1.82, 2.24) is 10.9 Å². The SMILES string of the molecule is Cc1ccc(OCC(=O)NNC(=O)COc2c(C)cc(Br)cc2C)c(C)c1. The van der Waals surface area contributed by atoms with Gasteiger partial charge in [0, 0.05) is 4.47 Å². The lowest BCUT2D eigenvalue weighted by Crippen LogP contribution is -2.45. The van der Waals surface area contributed by atoms with Crippen LogP contribution in [0.1, 0.15) is 22.3 Å². The standard InChI is InChI=1S/C20H23BrN2O4/c1-12-5-6-17(13(2)7-12)26-10-18(24)22-23-19(25)11-27-20-14(3)8-16(21)9-15(20)4/h5-9H,10-11H2,1-4H3,(H,22,24)(H,23,25). The minimum atomic E-state index is -0.461. The second-order valence-electron chi connectivity index (χ2n) is 6.31. The number of carbonyl (C=O) groups excluding carboxylic acids is 2. The highest BCUT2D eigenvalue weighted by Gasteiger charge is 2.10. The van der Waals surface area contributed by atoms with E-state index in [0.717, 1.165) is 26.7 Å². The molecule has 2 aromatic rings. The number of rotatable bonds is 6. The first-order valence-corrected chi connectivity index (χ1v) is 9.23. The van der Waals surface area contributed by atoms with Crippen molar-refractivity contribution in [2.75, 3.05) is 13.2 Å². The molecule has 0 aromatic heterocycles. The Kier molecular flexibility index (Phi) is 7.24. The molecule has 0 saturated heterocycles. The molecule has 27 heavy (non-hydrogen) atoms. The molecule has 0 aliphatic rings. The summed E-state index contributed by atoms with van der Waals surface area (Å²) in [5, 5.41) is 0. The molecule has 0 radical (unpaired) electrons. The van der Waals surface area contributed by atoms with Crippen molar-refractivity contribution < 1.29 is 19.1 Å². The van der Waals surface area contributed by atoms with Crippen molar-refractivity contribution in [3.8, 4) is 11.5 Å². The summed E-state index contributed by atoms with van der Waals surface area (Å²) >= 11 is 3.41. The number of carbonyl (C=O) groups is 2. The van der Waals surface area contributed by atoms with E-state index in [1.54, 1.807) is 0 Å². The van der Waals surface area contributed by atoms with Crippen LogP contribution >= 0.6 is 15.9 Å². The number of hydrogen-bond acceptors (Lipinski definition) is 4. The van der Waals surface area contributed by atoms with Gasteiger partial charge in [-0.15, -0.1) is 0 Å². The zero-order valence-corrected chi connectivity index (χ0v) is 17.4. The van der Waals surface area contributed by atoms with Gasteiger partial charge in [0.05, 0.1) is 0 Å². The van der Waals surface area contributed by atoms with Crippen LogP contribution in [0.15, 0.2) is 34.8 Å². The third-order valence-corrected chi connectivity index (χ3v) is 4.26. The first-order valence-electron chi connectivity index (χ1n) is 8.43. The van der Waals surface area contributed by atoms with E-state index in [1.807, 2.05) is 58.0 Å². The van der Waals surface area contributed by atoms with Crippen LogP contribution in [0.4, 0.5) is 0 Å². The lowest BCUT2D eigenvalue weighted by atomic mass is 10.1. The lowest BCUT2D eigenvalue weighted by molar-refractivity contribution is -0.131. The van der Waals surface area contributed by atoms with Gasteiger partial charge in [-0.25, -0.2) is 0 Å². The Labute approximate surface area is 167 Å². The molecule has 0 bridgehead atoms. The van der Waals surface area contributed by atoms with Gasteiger partial charge < -0.3 is 9.47 Å². The molecule has 2 aromatic carbocycles. The maximum absolute atomic E-state index is 11.9. The number of hydrazine groups is 1. The van der Waals surface area contributed by atoms with Gasteiger partial charge in [-0.1, -0.05) is 33.6 Å². The van der Waals surface area contributed by atoms with Crippen LogP contribution in [-0.4, -0.2) is 25.0 Å². The fraction of sp³-hybridized carbons (Fsp3) is 0.300. The second kappa shape index (κ2) is 9.41. The predicted octanol–water partition coefficient (Wildman–Crippen LogP) is 3.29. The van der Waals surface area contributed by atoms with E-state index in [2.05, 4.69) is 26.8 Å². The average Bonchev–Trinajstić information content (AvgIpc) is 2.58. The summed E-state index contributed by atoms with van der Waals surface area (Å²) < 4.78 is 12.0. The van der Waals surface area contributed by atoms with Crippen LogP contribution in [0.3, 0.4) is 0 Å². The molecule has 2 rings (SSSR count). The van der Waals surface area contributed by atoms with Gasteiger partial charge in [0.15, 0.2) is 13.2 Å². The number of amides is 2. The normalized spacial score (nSPS) is 10.3. The van der Waals surface area contributed by atoms with E-state index in [0.29, 0.717) is 11.5 Å². The number of hydrogen-bond donors (Lipinski definition) is 2. The smallest absolute Gasteiger partial charge is 0.276 e. The fourth-order valence-corrected chi connectivity index (χ4v) is 3.27. The van der Waals surface area contributed by atoms with E-state index >= 15 is 0 Å². The number of halogens is 1. The maximum Gasteiger partial charge on any atom is 0.276 e. The van der Waals surface area contributed by atoms with Crippen LogP contribution in [0.25, 0.3) is 0 Å². The van der Waals surface area contributed by atoms with Crippen LogP contribution in [-0.2, 0) is 9.59 Å². The summed E-state index contributed by atoms with van der Waals surface area (Å²) in [6, 6.07) is 9.51. The summed E-state index contributed by atoms with van der Waals surface area (Å²) in [6.07, 6.45) is 0. The van der Waals surface area contributed by atoms with Crippen LogP contribution in [0.5, 0.6) is 11.5 Å². The zero-order chi connectivity index (χ0) is 20.0. The van der Waals surface area contributed by atoms with E-state index < -0.39 is 11.8 Å². The maximum atomic E-state index is 11.9. The summed E-state index contributed by atoms with van der Waals surface area (Å²) in [4.78, 5) is 23.7. The third-order valence-electron chi connectivity index (χ3n) is 3.80. The Morgan fingerprint density at radius 3 is 1.96 bits per heavy atom.